The van der Waals surface area contributed by atoms with Crippen LogP contribution in [0.5, 0.6) is 0 Å². The molecule has 0 amide bonds. The van der Waals surface area contributed by atoms with Crippen molar-refractivity contribution < 1.29 is 8.78 Å². The molecule has 1 aromatic carbocycles. The lowest BCUT2D eigenvalue weighted by atomic mass is 10.2. The zero-order chi connectivity index (χ0) is 12.1. The van der Waals surface area contributed by atoms with Crippen molar-refractivity contribution in [1.82, 2.24) is 10.2 Å². The van der Waals surface area contributed by atoms with Gasteiger partial charge in [-0.2, -0.15) is 0 Å². The fourth-order valence-electron chi connectivity index (χ4n) is 1.36. The third-order valence-corrected chi connectivity index (χ3v) is 2.56. The van der Waals surface area contributed by atoms with E-state index in [0.717, 1.165) is 25.2 Å². The zero-order valence-corrected chi connectivity index (χ0v) is 10.1. The van der Waals surface area contributed by atoms with Crippen molar-refractivity contribution in [1.29, 1.82) is 0 Å². The van der Waals surface area contributed by atoms with Crippen LogP contribution in [0.2, 0.25) is 5.02 Å². The molecule has 2 nitrogen and oxygen atoms in total. The van der Waals surface area contributed by atoms with Gasteiger partial charge in [-0.1, -0.05) is 11.6 Å². The molecule has 1 rings (SSSR count). The summed E-state index contributed by atoms with van der Waals surface area (Å²) in [6.07, 6.45) is 0. The minimum absolute atomic E-state index is 0.181. The molecule has 0 saturated heterocycles. The maximum absolute atomic E-state index is 13.4. The molecule has 5 heteroatoms. The molecule has 0 radical (unpaired) electrons. The third-order valence-electron chi connectivity index (χ3n) is 2.27. The van der Waals surface area contributed by atoms with Gasteiger partial charge in [-0.25, -0.2) is 8.78 Å². The zero-order valence-electron chi connectivity index (χ0n) is 9.36. The first-order valence-electron chi connectivity index (χ1n) is 5.01. The summed E-state index contributed by atoms with van der Waals surface area (Å²) < 4.78 is 26.6. The summed E-state index contributed by atoms with van der Waals surface area (Å²) in [6.45, 7) is 1.93. The number of likely N-dealkylation sites (N-methyl/N-ethyl adjacent to an activating group) is 2. The van der Waals surface area contributed by atoms with Crippen LogP contribution in [0.1, 0.15) is 5.56 Å². The van der Waals surface area contributed by atoms with Gasteiger partial charge in [0.1, 0.15) is 11.6 Å². The molecule has 0 aliphatic rings. The van der Waals surface area contributed by atoms with Crippen molar-refractivity contribution in [2.24, 2.45) is 0 Å². The van der Waals surface area contributed by atoms with Crippen LogP contribution in [-0.2, 0) is 6.54 Å². The van der Waals surface area contributed by atoms with Crippen LogP contribution in [0.4, 0.5) is 8.78 Å². The minimum atomic E-state index is -0.583. The maximum Gasteiger partial charge on any atom is 0.142 e. The SMILES string of the molecule is CNCCN(C)Cc1cc(F)c(Cl)cc1F. The summed E-state index contributed by atoms with van der Waals surface area (Å²) in [5.41, 5.74) is 0.320. The van der Waals surface area contributed by atoms with Gasteiger partial charge in [0, 0.05) is 25.2 Å². The lowest BCUT2D eigenvalue weighted by Gasteiger charge is -2.16. The summed E-state index contributed by atoms with van der Waals surface area (Å²) in [7, 11) is 3.69. The molecule has 0 spiro atoms. The molecule has 0 aliphatic heterocycles. The van der Waals surface area contributed by atoms with Crippen LogP contribution < -0.4 is 5.32 Å². The molecule has 0 bridgehead atoms. The van der Waals surface area contributed by atoms with E-state index in [1.54, 1.807) is 0 Å². The highest BCUT2D eigenvalue weighted by molar-refractivity contribution is 6.30. The van der Waals surface area contributed by atoms with Crippen LogP contribution in [0.25, 0.3) is 0 Å². The molecular formula is C11H15ClF2N2. The van der Waals surface area contributed by atoms with Gasteiger partial charge in [0.05, 0.1) is 5.02 Å². The second-order valence-electron chi connectivity index (χ2n) is 3.70. The Morgan fingerprint density at radius 3 is 2.62 bits per heavy atom. The molecule has 0 unspecified atom stereocenters. The quantitative estimate of drug-likeness (QED) is 0.805. The van der Waals surface area contributed by atoms with Gasteiger partial charge >= 0.3 is 0 Å². The van der Waals surface area contributed by atoms with Crippen molar-refractivity contribution in [2.75, 3.05) is 27.2 Å². The second kappa shape index (κ2) is 6.13. The fraction of sp³-hybridized carbons (Fsp3) is 0.455. The van der Waals surface area contributed by atoms with E-state index in [-0.39, 0.29) is 5.02 Å². The van der Waals surface area contributed by atoms with E-state index in [1.807, 2.05) is 19.0 Å². The van der Waals surface area contributed by atoms with Crippen molar-refractivity contribution in [3.05, 3.63) is 34.4 Å². The Morgan fingerprint density at radius 1 is 1.31 bits per heavy atom. The number of hydrogen-bond donors (Lipinski definition) is 1. The Balaban J connectivity index is 2.69. The molecule has 0 saturated carbocycles. The van der Waals surface area contributed by atoms with E-state index in [2.05, 4.69) is 5.32 Å². The molecule has 16 heavy (non-hydrogen) atoms. The maximum atomic E-state index is 13.4. The Bertz CT molecular complexity index is 358. The van der Waals surface area contributed by atoms with Crippen molar-refractivity contribution >= 4 is 11.6 Å². The predicted molar refractivity (Wildman–Crippen MR) is 61.6 cm³/mol. The van der Waals surface area contributed by atoms with Crippen molar-refractivity contribution in [3.63, 3.8) is 0 Å². The van der Waals surface area contributed by atoms with E-state index >= 15 is 0 Å². The molecule has 1 N–H and O–H groups in total. The molecule has 0 atom stereocenters. The summed E-state index contributed by atoms with van der Waals surface area (Å²) in [4.78, 5) is 1.91. The number of nitrogens with one attached hydrogen (secondary N) is 1. The van der Waals surface area contributed by atoms with Crippen LogP contribution >= 0.6 is 11.6 Å². The topological polar surface area (TPSA) is 15.3 Å². The number of rotatable bonds is 5. The number of nitrogens with zero attached hydrogens (tertiary/aromatic N) is 1. The molecule has 0 heterocycles. The first-order valence-corrected chi connectivity index (χ1v) is 5.39. The minimum Gasteiger partial charge on any atom is -0.318 e. The summed E-state index contributed by atoms with van der Waals surface area (Å²) >= 11 is 5.47. The highest BCUT2D eigenvalue weighted by Gasteiger charge is 2.10. The third kappa shape index (κ3) is 3.70. The fourth-order valence-corrected chi connectivity index (χ4v) is 1.51. The molecular weight excluding hydrogens is 234 g/mol. The Morgan fingerprint density at radius 2 is 2.00 bits per heavy atom. The normalized spacial score (nSPS) is 11.1. The van der Waals surface area contributed by atoms with Gasteiger partial charge < -0.3 is 10.2 Å². The largest absolute Gasteiger partial charge is 0.318 e. The van der Waals surface area contributed by atoms with Crippen LogP contribution in [0.3, 0.4) is 0 Å². The van der Waals surface area contributed by atoms with Gasteiger partial charge in [-0.05, 0) is 26.2 Å². The molecule has 0 aliphatic carbocycles. The average Bonchev–Trinajstić information content (AvgIpc) is 2.23. The van der Waals surface area contributed by atoms with Crippen LogP contribution in [-0.4, -0.2) is 32.1 Å². The summed E-state index contributed by atoms with van der Waals surface area (Å²) in [5.74, 6) is -1.05. The first kappa shape index (κ1) is 13.4. The average molecular weight is 249 g/mol. The highest BCUT2D eigenvalue weighted by atomic mass is 35.5. The first-order chi connectivity index (χ1) is 7.54. The highest BCUT2D eigenvalue weighted by Crippen LogP contribution is 2.20. The monoisotopic (exact) mass is 248 g/mol. The van der Waals surface area contributed by atoms with E-state index < -0.39 is 11.6 Å². The molecule has 90 valence electrons. The van der Waals surface area contributed by atoms with Crippen LogP contribution in [0.15, 0.2) is 12.1 Å². The Kier molecular flexibility index (Phi) is 5.12. The molecule has 0 aromatic heterocycles. The van der Waals surface area contributed by atoms with Gasteiger partial charge in [0.25, 0.3) is 0 Å². The Labute approximate surface area is 99.2 Å². The number of hydrogen-bond acceptors (Lipinski definition) is 2. The van der Waals surface area contributed by atoms with Crippen molar-refractivity contribution in [2.45, 2.75) is 6.54 Å². The predicted octanol–water partition coefficient (Wildman–Crippen LogP) is 2.27. The van der Waals surface area contributed by atoms with Crippen molar-refractivity contribution in [3.8, 4) is 0 Å². The molecule has 1 aromatic rings. The van der Waals surface area contributed by atoms with Gasteiger partial charge in [0.15, 0.2) is 0 Å². The van der Waals surface area contributed by atoms with E-state index in [0.29, 0.717) is 12.1 Å². The lowest BCUT2D eigenvalue weighted by molar-refractivity contribution is 0.322. The number of benzene rings is 1. The summed E-state index contributed by atoms with van der Waals surface area (Å²) in [5, 5.41) is 2.81. The second-order valence-corrected chi connectivity index (χ2v) is 4.11. The molecule has 0 fully saturated rings. The van der Waals surface area contributed by atoms with E-state index in [1.165, 1.54) is 0 Å². The van der Waals surface area contributed by atoms with Gasteiger partial charge in [-0.15, -0.1) is 0 Å². The summed E-state index contributed by atoms with van der Waals surface area (Å²) in [6, 6.07) is 2.16. The van der Waals surface area contributed by atoms with Crippen LogP contribution in [0, 0.1) is 11.6 Å². The number of halogens is 3. The van der Waals surface area contributed by atoms with E-state index in [4.69, 9.17) is 11.6 Å². The van der Waals surface area contributed by atoms with Gasteiger partial charge in [0.2, 0.25) is 0 Å². The lowest BCUT2D eigenvalue weighted by Crippen LogP contribution is -2.27. The van der Waals surface area contributed by atoms with E-state index in [9.17, 15) is 8.78 Å². The standard InChI is InChI=1S/C11H15ClF2N2/c1-15-3-4-16(2)7-8-5-11(14)9(12)6-10(8)13/h5-6,15H,3-4,7H2,1-2H3. The smallest absolute Gasteiger partial charge is 0.142 e. The Hall–Kier alpha value is -0.710. The van der Waals surface area contributed by atoms with Gasteiger partial charge in [-0.3, -0.25) is 0 Å².